The molecule has 0 saturated carbocycles. The summed E-state index contributed by atoms with van der Waals surface area (Å²) in [6, 6.07) is 0. The minimum absolute atomic E-state index is 0.0443. The van der Waals surface area contributed by atoms with Crippen molar-refractivity contribution >= 4 is 23.9 Å². The number of allylic oxidation sites excluding steroid dienone is 4. The molecule has 0 aromatic rings. The minimum Gasteiger partial charge on any atom is -0.393 e. The smallest absolute Gasteiger partial charge is 0.317 e. The fourth-order valence-electron chi connectivity index (χ4n) is 7.27. The number of carbonyl (C=O) groups is 4. The first-order valence-corrected chi connectivity index (χ1v) is 20.3. The van der Waals surface area contributed by atoms with E-state index >= 15 is 0 Å². The van der Waals surface area contributed by atoms with Crippen LogP contribution in [0.5, 0.6) is 0 Å². The van der Waals surface area contributed by atoms with Gasteiger partial charge in [0.1, 0.15) is 0 Å². The number of hydrogen-bond acceptors (Lipinski definition) is 7. The Bertz CT molecular complexity index is 923. The highest BCUT2D eigenvalue weighted by atomic mass is 16.6. The SMILES string of the molecule is CCC/C=C/C(CCC(CCCCCCCC)OC(CCCCCCCC)CCC(/C=C/CCC)C1CC(=O)OC1=O)C1CC(=O)OC1=O. The maximum Gasteiger partial charge on any atom is 0.317 e. The predicted molar refractivity (Wildman–Crippen MR) is 197 cm³/mol. The molecule has 2 rings (SSSR count). The molecule has 7 heteroatoms. The van der Waals surface area contributed by atoms with Crippen molar-refractivity contribution in [2.24, 2.45) is 23.7 Å². The van der Waals surface area contributed by atoms with Crippen LogP contribution in [0, 0.1) is 23.7 Å². The third-order valence-electron chi connectivity index (χ3n) is 10.3. The van der Waals surface area contributed by atoms with Gasteiger partial charge >= 0.3 is 23.9 Å². The Labute approximate surface area is 298 Å². The Morgan fingerprint density at radius 2 is 0.918 bits per heavy atom. The average molecular weight is 687 g/mol. The summed E-state index contributed by atoms with van der Waals surface area (Å²) in [5, 5.41) is 0. The molecule has 0 aromatic heterocycles. The molecule has 2 saturated heterocycles. The van der Waals surface area contributed by atoms with Crippen molar-refractivity contribution in [1.29, 1.82) is 0 Å². The molecule has 6 atom stereocenters. The minimum atomic E-state index is -0.418. The van der Waals surface area contributed by atoms with E-state index in [1.807, 2.05) is 0 Å². The third kappa shape index (κ3) is 18.0. The van der Waals surface area contributed by atoms with Crippen molar-refractivity contribution in [2.45, 2.75) is 194 Å². The Hall–Kier alpha value is -2.28. The summed E-state index contributed by atoms with van der Waals surface area (Å²) in [5.41, 5.74) is 0. The van der Waals surface area contributed by atoms with Crippen LogP contribution < -0.4 is 0 Å². The van der Waals surface area contributed by atoms with Crippen LogP contribution in [0.25, 0.3) is 0 Å². The standard InChI is InChI=1S/C42H70O7/c1-5-9-13-15-17-21-25-35(29-27-33(23-19-11-7-3)37-31-39(43)48-41(37)45)47-36(26-22-18-16-14-10-6-2)30-28-34(24-20-12-8-4)38-32-40(44)49-42(38)46/h19-20,23-24,33-38H,5-18,21-22,25-32H2,1-4H3/b23-19+,24-20+. The molecule has 0 spiro atoms. The number of cyclic esters (lactones) is 4. The van der Waals surface area contributed by atoms with Gasteiger partial charge < -0.3 is 14.2 Å². The van der Waals surface area contributed by atoms with Crippen LogP contribution >= 0.6 is 0 Å². The van der Waals surface area contributed by atoms with Crippen molar-refractivity contribution < 1.29 is 33.4 Å². The van der Waals surface area contributed by atoms with Crippen LogP contribution in [-0.4, -0.2) is 36.1 Å². The molecule has 0 aromatic carbocycles. The Balaban J connectivity index is 2.21. The lowest BCUT2D eigenvalue weighted by Gasteiger charge is -2.28. The van der Waals surface area contributed by atoms with Crippen LogP contribution in [0.3, 0.4) is 0 Å². The number of esters is 4. The molecule has 6 unspecified atom stereocenters. The van der Waals surface area contributed by atoms with Gasteiger partial charge in [0.2, 0.25) is 0 Å². The molecule has 2 aliphatic rings. The Morgan fingerprint density at radius 1 is 0.531 bits per heavy atom. The van der Waals surface area contributed by atoms with Gasteiger partial charge in [-0.25, -0.2) is 0 Å². The molecule has 0 bridgehead atoms. The van der Waals surface area contributed by atoms with Crippen molar-refractivity contribution in [1.82, 2.24) is 0 Å². The maximum absolute atomic E-state index is 12.6. The van der Waals surface area contributed by atoms with Crippen LogP contribution in [0.2, 0.25) is 0 Å². The summed E-state index contributed by atoms with van der Waals surface area (Å²) in [5.74, 6) is -2.55. The predicted octanol–water partition coefficient (Wildman–Crippen LogP) is 10.9. The summed E-state index contributed by atoms with van der Waals surface area (Å²) in [6.07, 6.45) is 32.7. The molecule has 0 aliphatic carbocycles. The summed E-state index contributed by atoms with van der Waals surface area (Å²) in [4.78, 5) is 49.3. The molecule has 0 N–H and O–H groups in total. The van der Waals surface area contributed by atoms with Crippen LogP contribution in [0.1, 0.15) is 182 Å². The second kappa shape index (κ2) is 26.5. The van der Waals surface area contributed by atoms with E-state index in [2.05, 4.69) is 52.0 Å². The molecule has 2 aliphatic heterocycles. The fraction of sp³-hybridized carbons (Fsp3) is 0.810. The first-order valence-electron chi connectivity index (χ1n) is 20.3. The lowest BCUT2D eigenvalue weighted by Crippen LogP contribution is -2.26. The topological polar surface area (TPSA) is 96.0 Å². The largest absolute Gasteiger partial charge is 0.393 e. The average Bonchev–Trinajstić information content (AvgIpc) is 3.60. The highest BCUT2D eigenvalue weighted by Gasteiger charge is 2.39. The monoisotopic (exact) mass is 687 g/mol. The molecular weight excluding hydrogens is 616 g/mol. The third-order valence-corrected chi connectivity index (χ3v) is 10.3. The van der Waals surface area contributed by atoms with Gasteiger partial charge in [-0.05, 0) is 63.2 Å². The van der Waals surface area contributed by atoms with Crippen LogP contribution in [-0.2, 0) is 33.4 Å². The van der Waals surface area contributed by atoms with Crippen molar-refractivity contribution in [3.63, 3.8) is 0 Å². The second-order valence-corrected chi connectivity index (χ2v) is 14.6. The van der Waals surface area contributed by atoms with E-state index in [0.29, 0.717) is 0 Å². The lowest BCUT2D eigenvalue weighted by molar-refractivity contribution is -0.155. The lowest BCUT2D eigenvalue weighted by atomic mass is 9.84. The number of hydrogen-bond donors (Lipinski definition) is 0. The molecule has 280 valence electrons. The zero-order chi connectivity index (χ0) is 35.7. The summed E-state index contributed by atoms with van der Waals surface area (Å²) in [7, 11) is 0. The molecule has 49 heavy (non-hydrogen) atoms. The van der Waals surface area contributed by atoms with Crippen molar-refractivity contribution in [2.75, 3.05) is 0 Å². The molecule has 2 fully saturated rings. The second-order valence-electron chi connectivity index (χ2n) is 14.6. The zero-order valence-electron chi connectivity index (χ0n) is 31.6. The number of rotatable bonds is 30. The van der Waals surface area contributed by atoms with Gasteiger partial charge in [0.15, 0.2) is 0 Å². The molecule has 7 nitrogen and oxygen atoms in total. The normalized spacial score (nSPS) is 20.7. The molecule has 0 radical (unpaired) electrons. The van der Waals surface area contributed by atoms with E-state index in [1.54, 1.807) is 0 Å². The van der Waals surface area contributed by atoms with Gasteiger partial charge in [-0.2, -0.15) is 0 Å². The van der Waals surface area contributed by atoms with E-state index < -0.39 is 35.7 Å². The van der Waals surface area contributed by atoms with E-state index in [4.69, 9.17) is 14.2 Å². The van der Waals surface area contributed by atoms with E-state index in [0.717, 1.165) is 77.0 Å². The van der Waals surface area contributed by atoms with Crippen LogP contribution in [0.15, 0.2) is 24.3 Å². The molecule has 2 heterocycles. The first-order chi connectivity index (χ1) is 23.8. The van der Waals surface area contributed by atoms with Gasteiger partial charge in [-0.3, -0.25) is 19.2 Å². The highest BCUT2D eigenvalue weighted by molar-refractivity contribution is 5.95. The Kier molecular flexibility index (Phi) is 23.2. The zero-order valence-corrected chi connectivity index (χ0v) is 31.6. The summed E-state index contributed by atoms with van der Waals surface area (Å²) >= 11 is 0. The summed E-state index contributed by atoms with van der Waals surface area (Å²) < 4.78 is 17.0. The van der Waals surface area contributed by atoms with E-state index in [9.17, 15) is 19.2 Å². The fourth-order valence-corrected chi connectivity index (χ4v) is 7.27. The molecule has 0 amide bonds. The van der Waals surface area contributed by atoms with Crippen molar-refractivity contribution in [3.05, 3.63) is 24.3 Å². The van der Waals surface area contributed by atoms with Gasteiger partial charge in [-0.1, -0.05) is 142 Å². The van der Waals surface area contributed by atoms with Crippen LogP contribution in [0.4, 0.5) is 0 Å². The van der Waals surface area contributed by atoms with Crippen molar-refractivity contribution in [3.8, 4) is 0 Å². The first kappa shape index (κ1) is 42.9. The van der Waals surface area contributed by atoms with Gasteiger partial charge in [0, 0.05) is 0 Å². The molecular formula is C42H70O7. The Morgan fingerprint density at radius 3 is 1.27 bits per heavy atom. The van der Waals surface area contributed by atoms with Gasteiger partial charge in [0.25, 0.3) is 0 Å². The van der Waals surface area contributed by atoms with Gasteiger partial charge in [-0.15, -0.1) is 0 Å². The summed E-state index contributed by atoms with van der Waals surface area (Å²) in [6.45, 7) is 8.76. The number of unbranched alkanes of at least 4 members (excludes halogenated alkanes) is 12. The number of ether oxygens (including phenoxy) is 3. The van der Waals surface area contributed by atoms with Gasteiger partial charge in [0.05, 0.1) is 36.9 Å². The highest BCUT2D eigenvalue weighted by Crippen LogP contribution is 2.34. The van der Waals surface area contributed by atoms with E-state index in [1.165, 1.54) is 64.2 Å². The number of carbonyl (C=O) groups excluding carboxylic acids is 4. The quantitative estimate of drug-likeness (QED) is 0.0321. The van der Waals surface area contributed by atoms with E-state index in [-0.39, 0.29) is 36.9 Å². The maximum atomic E-state index is 12.6.